The summed E-state index contributed by atoms with van der Waals surface area (Å²) in [4.78, 5) is 16.1. The average molecular weight is 1120 g/mol. The Kier molecular flexibility index (Phi) is 9.71. The smallest absolute Gasteiger partial charge is 0.164 e. The van der Waals surface area contributed by atoms with Gasteiger partial charge in [0.25, 0.3) is 0 Å². The van der Waals surface area contributed by atoms with Crippen LogP contribution in [0.25, 0.3) is 177 Å². The van der Waals surface area contributed by atoms with E-state index in [0.717, 1.165) is 44.8 Å². The summed E-state index contributed by atoms with van der Waals surface area (Å²) in [7, 11) is 0. The van der Waals surface area contributed by atoms with Gasteiger partial charge in [-0.05, 0) is 115 Å². The van der Waals surface area contributed by atoms with E-state index in [0.29, 0.717) is 17.5 Å². The van der Waals surface area contributed by atoms with Crippen LogP contribution in [0.15, 0.2) is 255 Å². The molecule has 19 rings (SSSR count). The molecule has 0 bridgehead atoms. The van der Waals surface area contributed by atoms with Crippen LogP contribution >= 0.6 is 34.0 Å². The summed E-state index contributed by atoms with van der Waals surface area (Å²) in [6.07, 6.45) is 0. The number of thiophene rings is 3. The zero-order valence-corrected chi connectivity index (χ0v) is 47.1. The topological polar surface area (TPSA) is 53.5 Å². The van der Waals surface area contributed by atoms with E-state index in [2.05, 4.69) is 268 Å². The van der Waals surface area contributed by atoms with Gasteiger partial charge in [-0.15, -0.1) is 34.0 Å². The number of hydrogen-bond acceptors (Lipinski definition) is 6. The quantitative estimate of drug-likeness (QED) is 0.167. The highest BCUT2D eigenvalue weighted by Crippen LogP contribution is 2.47. The molecular weight excluding hydrogens is 1080 g/mol. The highest BCUT2D eigenvalue weighted by molar-refractivity contribution is 7.27. The van der Waals surface area contributed by atoms with Crippen molar-refractivity contribution in [2.24, 2.45) is 0 Å². The van der Waals surface area contributed by atoms with E-state index in [1.54, 1.807) is 0 Å². The van der Waals surface area contributed by atoms with Gasteiger partial charge in [-0.25, -0.2) is 15.0 Å². The van der Waals surface area contributed by atoms with Crippen molar-refractivity contribution in [3.63, 3.8) is 0 Å². The molecule has 0 saturated heterocycles. The standard InChI is InChI=1S/C75H42N6S3/c1-7-22-58-55(19-1)67-61(39-36-52-49-16-4-10-25-64(49)82-70(52)67)79(58)46-32-28-43(29-33-46)73-76-74(44-30-34-47(35-31-44)80-59-23-8-2-20-56(59)68-62(80)40-37-53-50-17-5-11-26-65(50)83-71(53)68)78-75(77-73)45-14-13-15-48(42-45)81-60-24-9-3-21-57(60)69-63(81)41-38-54-51-18-6-12-27-66(51)84-72(54)69/h1-42H. The fourth-order valence-electron chi connectivity index (χ4n) is 13.6. The Bertz CT molecular complexity index is 5740. The van der Waals surface area contributed by atoms with Gasteiger partial charge < -0.3 is 13.7 Å². The van der Waals surface area contributed by atoms with Gasteiger partial charge in [0.1, 0.15) is 0 Å². The zero-order chi connectivity index (χ0) is 54.7. The molecule has 0 spiro atoms. The predicted molar refractivity (Wildman–Crippen MR) is 358 cm³/mol. The minimum absolute atomic E-state index is 0.599. The summed E-state index contributed by atoms with van der Waals surface area (Å²) in [5.41, 5.74) is 12.9. The summed E-state index contributed by atoms with van der Waals surface area (Å²) < 4.78 is 15.0. The van der Waals surface area contributed by atoms with Crippen LogP contribution in [0.2, 0.25) is 0 Å². The zero-order valence-electron chi connectivity index (χ0n) is 44.7. The first kappa shape index (κ1) is 46.3. The second-order valence-corrected chi connectivity index (χ2v) is 25.0. The lowest BCUT2D eigenvalue weighted by Gasteiger charge is -2.13. The summed E-state index contributed by atoms with van der Waals surface area (Å²) in [6.45, 7) is 0. The maximum atomic E-state index is 5.39. The molecule has 7 heterocycles. The summed E-state index contributed by atoms with van der Waals surface area (Å²) in [6, 6.07) is 92.6. The maximum Gasteiger partial charge on any atom is 0.164 e. The lowest BCUT2D eigenvalue weighted by atomic mass is 10.1. The molecule has 0 aliphatic carbocycles. The molecule has 7 aromatic heterocycles. The van der Waals surface area contributed by atoms with Crippen molar-refractivity contribution in [1.29, 1.82) is 0 Å². The molecule has 0 amide bonds. The number of hydrogen-bond donors (Lipinski definition) is 0. The molecule has 12 aromatic carbocycles. The van der Waals surface area contributed by atoms with Crippen LogP contribution in [0, 0.1) is 0 Å². The highest BCUT2D eigenvalue weighted by atomic mass is 32.1. The van der Waals surface area contributed by atoms with E-state index in [-0.39, 0.29) is 0 Å². The minimum Gasteiger partial charge on any atom is -0.309 e. The monoisotopic (exact) mass is 1120 g/mol. The van der Waals surface area contributed by atoms with Crippen LogP contribution < -0.4 is 0 Å². The van der Waals surface area contributed by atoms with Crippen LogP contribution in [0.4, 0.5) is 0 Å². The van der Waals surface area contributed by atoms with Crippen molar-refractivity contribution in [3.05, 3.63) is 255 Å². The molecule has 0 aliphatic rings. The number of para-hydroxylation sites is 3. The molecule has 6 nitrogen and oxygen atoms in total. The molecule has 0 saturated carbocycles. The number of fused-ring (bicyclic) bond motifs is 21. The van der Waals surface area contributed by atoms with E-state index in [1.807, 2.05) is 34.0 Å². The first-order valence-corrected chi connectivity index (χ1v) is 30.7. The number of rotatable bonds is 6. The predicted octanol–water partition coefficient (Wildman–Crippen LogP) is 21.3. The van der Waals surface area contributed by atoms with Gasteiger partial charge >= 0.3 is 0 Å². The van der Waals surface area contributed by atoms with Gasteiger partial charge in [0.05, 0.1) is 33.1 Å². The first-order chi connectivity index (χ1) is 41.6. The summed E-state index contributed by atoms with van der Waals surface area (Å²) >= 11 is 5.63. The molecule has 0 aliphatic heterocycles. The van der Waals surface area contributed by atoms with Crippen LogP contribution in [-0.4, -0.2) is 28.7 Å². The molecule has 0 fully saturated rings. The van der Waals surface area contributed by atoms with Crippen LogP contribution in [0.3, 0.4) is 0 Å². The molecule has 84 heavy (non-hydrogen) atoms. The fourth-order valence-corrected chi connectivity index (χ4v) is 17.4. The van der Waals surface area contributed by atoms with Crippen molar-refractivity contribution >= 4 is 160 Å². The molecule has 0 N–H and O–H groups in total. The van der Waals surface area contributed by atoms with E-state index in [1.165, 1.54) is 115 Å². The Hall–Kier alpha value is -10.3. The van der Waals surface area contributed by atoms with Gasteiger partial charge in [-0.2, -0.15) is 0 Å². The minimum atomic E-state index is 0.599. The summed E-state index contributed by atoms with van der Waals surface area (Å²) in [5.74, 6) is 1.80. The summed E-state index contributed by atoms with van der Waals surface area (Å²) in [5, 5.41) is 15.4. The Labute approximate surface area is 491 Å². The van der Waals surface area contributed by atoms with Crippen molar-refractivity contribution in [1.82, 2.24) is 28.7 Å². The third-order valence-corrected chi connectivity index (χ3v) is 20.9. The van der Waals surface area contributed by atoms with Crippen LogP contribution in [-0.2, 0) is 0 Å². The Morgan fingerprint density at radius 2 is 0.560 bits per heavy atom. The van der Waals surface area contributed by atoms with Gasteiger partial charge in [0.2, 0.25) is 0 Å². The van der Waals surface area contributed by atoms with Crippen molar-refractivity contribution in [3.8, 4) is 51.2 Å². The molecule has 9 heteroatoms. The van der Waals surface area contributed by atoms with Gasteiger partial charge in [-0.3, -0.25) is 0 Å². The average Bonchev–Trinajstić information content (AvgIpc) is 2.11. The lowest BCUT2D eigenvalue weighted by Crippen LogP contribution is -2.02. The van der Waals surface area contributed by atoms with E-state index < -0.39 is 0 Å². The van der Waals surface area contributed by atoms with Crippen molar-refractivity contribution in [2.75, 3.05) is 0 Å². The Balaban J connectivity index is 0.771. The molecule has 0 radical (unpaired) electrons. The second kappa shape index (κ2) is 17.6. The third kappa shape index (κ3) is 6.62. The highest BCUT2D eigenvalue weighted by Gasteiger charge is 2.23. The molecule has 0 atom stereocenters. The molecule has 0 unspecified atom stereocenters. The Morgan fingerprint density at radius 3 is 0.952 bits per heavy atom. The van der Waals surface area contributed by atoms with Crippen LogP contribution in [0.1, 0.15) is 0 Å². The van der Waals surface area contributed by atoms with Gasteiger partial charge in [0, 0.05) is 127 Å². The van der Waals surface area contributed by atoms with Crippen molar-refractivity contribution < 1.29 is 0 Å². The molecule has 19 aromatic rings. The van der Waals surface area contributed by atoms with Gasteiger partial charge in [-0.1, -0.05) is 140 Å². The number of nitrogens with zero attached hydrogens (tertiary/aromatic N) is 6. The van der Waals surface area contributed by atoms with E-state index in [9.17, 15) is 0 Å². The normalized spacial score (nSPS) is 12.3. The van der Waals surface area contributed by atoms with Crippen molar-refractivity contribution in [2.45, 2.75) is 0 Å². The molecular formula is C75H42N6S3. The second-order valence-electron chi connectivity index (χ2n) is 21.8. The third-order valence-electron chi connectivity index (χ3n) is 17.3. The van der Waals surface area contributed by atoms with Gasteiger partial charge in [0.15, 0.2) is 17.5 Å². The number of benzene rings is 12. The van der Waals surface area contributed by atoms with E-state index >= 15 is 0 Å². The maximum absolute atomic E-state index is 5.39. The lowest BCUT2D eigenvalue weighted by molar-refractivity contribution is 1.07. The van der Waals surface area contributed by atoms with E-state index in [4.69, 9.17) is 15.0 Å². The fraction of sp³-hybridized carbons (Fsp3) is 0. The largest absolute Gasteiger partial charge is 0.309 e. The Morgan fingerprint density at radius 1 is 0.226 bits per heavy atom. The number of aromatic nitrogens is 6. The SMILES string of the molecule is c1cc(-c2nc(-c3ccc(-n4c5ccccc5c5c6sc7ccccc7c6ccc54)cc3)nc(-c3ccc(-n4c5ccccc5c5c6sc7ccccc7c6ccc54)cc3)n2)cc(-n2c3ccccc3c3c4sc5ccccc5c4ccc32)c1. The first-order valence-electron chi connectivity index (χ1n) is 28.2. The molecule has 390 valence electrons. The van der Waals surface area contributed by atoms with Crippen LogP contribution in [0.5, 0.6) is 0 Å².